The summed E-state index contributed by atoms with van der Waals surface area (Å²) >= 11 is 0. The van der Waals surface area contributed by atoms with Crippen molar-refractivity contribution in [2.45, 2.75) is 41.5 Å². The maximum absolute atomic E-state index is 4.97. The van der Waals surface area contributed by atoms with E-state index < -0.39 is 0 Å². The molecule has 0 bridgehead atoms. The summed E-state index contributed by atoms with van der Waals surface area (Å²) in [6, 6.07) is 0. The van der Waals surface area contributed by atoms with Crippen molar-refractivity contribution in [3.8, 4) is 0 Å². The zero-order valence-corrected chi connectivity index (χ0v) is 19.3. The molecular formula is C16H25NOY2. The molecule has 2 aliphatic heterocycles. The maximum Gasteiger partial charge on any atom is 0.474 e. The molecule has 0 unspecified atom stereocenters. The molecule has 0 saturated heterocycles. The first-order valence-corrected chi connectivity index (χ1v) is 6.46. The second-order valence-electron chi connectivity index (χ2n) is 6.20. The number of hydrogen-bond donors (Lipinski definition) is 1. The largest absolute Gasteiger partial charge is 0.474 e. The van der Waals surface area contributed by atoms with Crippen LogP contribution in [0.2, 0.25) is 0 Å². The molecule has 0 fully saturated rings. The van der Waals surface area contributed by atoms with E-state index in [2.05, 4.69) is 65.4 Å². The molecule has 20 heavy (non-hydrogen) atoms. The van der Waals surface area contributed by atoms with Crippen molar-refractivity contribution in [2.75, 3.05) is 13.2 Å². The van der Waals surface area contributed by atoms with Crippen molar-refractivity contribution >= 4 is 0 Å². The van der Waals surface area contributed by atoms with Crippen LogP contribution in [0.5, 0.6) is 0 Å². The minimum Gasteiger partial charge on any atom is -0.301 e. The smallest absolute Gasteiger partial charge is 0.301 e. The van der Waals surface area contributed by atoms with Crippen molar-refractivity contribution in [3.63, 3.8) is 0 Å². The van der Waals surface area contributed by atoms with E-state index in [0.29, 0.717) is 0 Å². The molecule has 0 amide bonds. The van der Waals surface area contributed by atoms with E-state index in [1.165, 1.54) is 11.8 Å². The van der Waals surface area contributed by atoms with Crippen LogP contribution in [-0.4, -0.2) is 13.2 Å². The van der Waals surface area contributed by atoms with E-state index in [0.717, 1.165) is 13.2 Å². The summed E-state index contributed by atoms with van der Waals surface area (Å²) in [4.78, 5) is 0. The summed E-state index contributed by atoms with van der Waals surface area (Å²) in [6.07, 6.45) is 9.81. The van der Waals surface area contributed by atoms with Gasteiger partial charge in [-0.15, -0.1) is 0 Å². The average molecular weight is 425 g/mol. The van der Waals surface area contributed by atoms with Gasteiger partial charge in [0.1, 0.15) is 0 Å². The number of nitrogens with one attached hydrogen (secondary N) is 1. The summed E-state index contributed by atoms with van der Waals surface area (Å²) in [7, 11) is 0. The van der Waals surface area contributed by atoms with Gasteiger partial charge in [-0.25, -0.2) is 5.32 Å². The molecule has 4 heteroatoms. The molecule has 0 aromatic rings. The van der Waals surface area contributed by atoms with Crippen molar-refractivity contribution in [1.29, 1.82) is 0 Å². The average Bonchev–Trinajstić information content (AvgIpc) is 2.28. The fraction of sp³-hybridized carbons (Fsp3) is 0.625. The topological polar surface area (TPSA) is 21.3 Å². The standard InChI is InChI=1S/C8H13N.C8H12O.2Y/c2*1-7-6-9-5-4-8(7,2)3;;/h4,9H,6H2,1-3H3;4H,6H2,1-3H3;;. The van der Waals surface area contributed by atoms with Crippen LogP contribution in [0.25, 0.3) is 0 Å². The molecule has 2 nitrogen and oxygen atoms in total. The first-order valence-electron chi connectivity index (χ1n) is 6.46. The number of ether oxygens (including phenoxy) is 1. The Morgan fingerprint density at radius 3 is 1.85 bits per heavy atom. The SMILES string of the molecule is C[C-]1CN[C+]=CC1(C)C.C[C-]1CO[C+]=CC1(C)C.[Y].[Y]. The van der Waals surface area contributed by atoms with Crippen LogP contribution in [0.4, 0.5) is 0 Å². The molecule has 1 N–H and O–H groups in total. The van der Waals surface area contributed by atoms with E-state index in [9.17, 15) is 0 Å². The molecule has 2 rings (SSSR count). The number of allylic oxidation sites excluding steroid dienone is 2. The molecule has 106 valence electrons. The molecule has 0 atom stereocenters. The Morgan fingerprint density at radius 1 is 1.00 bits per heavy atom. The predicted octanol–water partition coefficient (Wildman–Crippen LogP) is 3.48. The first-order chi connectivity index (χ1) is 8.26. The number of rotatable bonds is 0. The van der Waals surface area contributed by atoms with E-state index in [1.807, 2.05) is 6.08 Å². The van der Waals surface area contributed by atoms with Crippen LogP contribution in [0.1, 0.15) is 41.5 Å². The molecule has 2 radical (unpaired) electrons. The fourth-order valence-corrected chi connectivity index (χ4v) is 1.41. The molecule has 2 heterocycles. The van der Waals surface area contributed by atoms with Crippen LogP contribution in [0.15, 0.2) is 12.2 Å². The summed E-state index contributed by atoms with van der Waals surface area (Å²) in [5, 5.41) is 3.05. The van der Waals surface area contributed by atoms with Gasteiger partial charge in [0.2, 0.25) is 0 Å². The van der Waals surface area contributed by atoms with Gasteiger partial charge in [-0.1, -0.05) is 45.1 Å². The summed E-state index contributed by atoms with van der Waals surface area (Å²) in [5.74, 6) is 2.84. The van der Waals surface area contributed by atoms with Gasteiger partial charge in [-0.05, 0) is 0 Å². The quantitative estimate of drug-likeness (QED) is 0.601. The third kappa shape index (κ3) is 7.39. The Hall–Kier alpha value is 1.11. The monoisotopic (exact) mass is 425 g/mol. The van der Waals surface area contributed by atoms with Crippen LogP contribution < -0.4 is 5.32 Å². The Morgan fingerprint density at radius 2 is 1.55 bits per heavy atom. The minimum atomic E-state index is 0. The maximum atomic E-state index is 4.97. The summed E-state index contributed by atoms with van der Waals surface area (Å²) in [5.41, 5.74) is 0.448. The van der Waals surface area contributed by atoms with Gasteiger partial charge in [0.05, 0.1) is 0 Å². The molecule has 0 aromatic heterocycles. The van der Waals surface area contributed by atoms with Crippen molar-refractivity contribution in [2.24, 2.45) is 10.8 Å². The molecular weight excluding hydrogens is 400 g/mol. The zero-order valence-electron chi connectivity index (χ0n) is 13.6. The Bertz CT molecular complexity index is 292. The Kier molecular flexibility index (Phi) is 11.7. The van der Waals surface area contributed by atoms with Crippen LogP contribution in [0, 0.1) is 35.1 Å². The van der Waals surface area contributed by atoms with Crippen LogP contribution >= 0.6 is 0 Å². The summed E-state index contributed by atoms with van der Waals surface area (Å²) in [6.45, 7) is 14.7. The van der Waals surface area contributed by atoms with E-state index in [1.54, 1.807) is 0 Å². The van der Waals surface area contributed by atoms with Gasteiger partial charge < -0.3 is 4.74 Å². The Labute approximate surface area is 175 Å². The van der Waals surface area contributed by atoms with Gasteiger partial charge in [0.25, 0.3) is 0 Å². The molecule has 0 saturated carbocycles. The molecule has 0 aromatic carbocycles. The van der Waals surface area contributed by atoms with Crippen molar-refractivity contribution in [3.05, 3.63) is 36.4 Å². The normalized spacial score (nSPS) is 22.3. The molecule has 0 spiro atoms. The van der Waals surface area contributed by atoms with E-state index >= 15 is 0 Å². The molecule has 0 aliphatic carbocycles. The minimum absolute atomic E-state index is 0. The third-order valence-corrected chi connectivity index (χ3v) is 3.88. The van der Waals surface area contributed by atoms with E-state index in [-0.39, 0.29) is 76.2 Å². The predicted molar refractivity (Wildman–Crippen MR) is 75.0 cm³/mol. The molecule has 2 aliphatic rings. The van der Waals surface area contributed by atoms with Crippen LogP contribution in [-0.2, 0) is 70.2 Å². The van der Waals surface area contributed by atoms with E-state index in [4.69, 9.17) is 4.74 Å². The van der Waals surface area contributed by atoms with Crippen molar-refractivity contribution < 1.29 is 70.2 Å². The van der Waals surface area contributed by atoms with Crippen molar-refractivity contribution in [1.82, 2.24) is 5.32 Å². The third-order valence-electron chi connectivity index (χ3n) is 3.88. The van der Waals surface area contributed by atoms with Gasteiger partial charge >= 0.3 is 12.5 Å². The van der Waals surface area contributed by atoms with Gasteiger partial charge in [0.15, 0.2) is 12.2 Å². The zero-order chi connectivity index (χ0) is 13.8. The first kappa shape index (κ1) is 23.4. The van der Waals surface area contributed by atoms with Gasteiger partial charge in [0, 0.05) is 72.0 Å². The summed E-state index contributed by atoms with van der Waals surface area (Å²) < 4.78 is 4.97. The second-order valence-corrected chi connectivity index (χ2v) is 6.20. The van der Waals surface area contributed by atoms with Crippen LogP contribution in [0.3, 0.4) is 0 Å². The number of hydrogen-bond acceptors (Lipinski definition) is 2. The van der Waals surface area contributed by atoms with Gasteiger partial charge in [-0.3, -0.25) is 11.8 Å². The Balaban J connectivity index is 0. The fourth-order valence-electron chi connectivity index (χ4n) is 1.41. The second kappa shape index (κ2) is 9.99. The van der Waals surface area contributed by atoms with Gasteiger partial charge in [-0.2, -0.15) is 13.8 Å².